The first-order valence-corrected chi connectivity index (χ1v) is 8.87. The van der Waals surface area contributed by atoms with E-state index in [1.807, 2.05) is 54.6 Å². The molecule has 0 bridgehead atoms. The first-order valence-electron chi connectivity index (χ1n) is 8.87. The summed E-state index contributed by atoms with van der Waals surface area (Å²) in [5.41, 5.74) is 2.87. The Morgan fingerprint density at radius 1 is 1.04 bits per heavy atom. The lowest BCUT2D eigenvalue weighted by molar-refractivity contribution is -0.385. The highest BCUT2D eigenvalue weighted by Crippen LogP contribution is 2.29. The van der Waals surface area contributed by atoms with Gasteiger partial charge in [0.15, 0.2) is 0 Å². The number of benzene rings is 3. The van der Waals surface area contributed by atoms with Gasteiger partial charge in [0.25, 0.3) is 11.6 Å². The third-order valence-electron chi connectivity index (χ3n) is 4.27. The van der Waals surface area contributed by atoms with Crippen molar-refractivity contribution in [3.05, 3.63) is 94.0 Å². The maximum absolute atomic E-state index is 12.2. The quantitative estimate of drug-likeness (QED) is 0.377. The molecule has 0 saturated carbocycles. The lowest BCUT2D eigenvalue weighted by Gasteiger charge is -2.12. The fourth-order valence-corrected chi connectivity index (χ4v) is 2.88. The number of nitro groups is 1. The second-order valence-electron chi connectivity index (χ2n) is 6.22. The van der Waals surface area contributed by atoms with Crippen molar-refractivity contribution in [2.75, 3.05) is 13.2 Å². The van der Waals surface area contributed by atoms with Gasteiger partial charge in [-0.1, -0.05) is 48.5 Å². The number of nitrogens with one attached hydrogen (secondary N) is 1. The molecule has 0 radical (unpaired) electrons. The lowest BCUT2D eigenvalue weighted by Crippen LogP contribution is -2.28. The van der Waals surface area contributed by atoms with Crippen LogP contribution < -0.4 is 10.1 Å². The molecule has 3 aromatic rings. The second kappa shape index (κ2) is 8.81. The zero-order valence-corrected chi connectivity index (χ0v) is 15.4. The van der Waals surface area contributed by atoms with Crippen molar-refractivity contribution in [2.24, 2.45) is 0 Å². The molecule has 142 valence electrons. The first-order chi connectivity index (χ1) is 13.6. The molecule has 3 rings (SSSR count). The monoisotopic (exact) mass is 376 g/mol. The van der Waals surface area contributed by atoms with E-state index in [0.29, 0.717) is 24.3 Å². The van der Waals surface area contributed by atoms with Crippen LogP contribution in [0.2, 0.25) is 0 Å². The number of hydrogen-bond donors (Lipinski definition) is 1. The molecule has 28 heavy (non-hydrogen) atoms. The fourth-order valence-electron chi connectivity index (χ4n) is 2.88. The molecule has 0 aliphatic heterocycles. The summed E-state index contributed by atoms with van der Waals surface area (Å²) in [5, 5.41) is 13.6. The summed E-state index contributed by atoms with van der Waals surface area (Å²) in [6, 6.07) is 22.0. The van der Waals surface area contributed by atoms with E-state index in [9.17, 15) is 14.9 Å². The third-order valence-corrected chi connectivity index (χ3v) is 4.27. The van der Waals surface area contributed by atoms with E-state index in [1.165, 1.54) is 18.2 Å². The van der Waals surface area contributed by atoms with E-state index in [4.69, 9.17) is 4.74 Å². The van der Waals surface area contributed by atoms with Gasteiger partial charge in [-0.15, -0.1) is 0 Å². The summed E-state index contributed by atoms with van der Waals surface area (Å²) in [5.74, 6) is 0.451. The molecular weight excluding hydrogens is 356 g/mol. The van der Waals surface area contributed by atoms with Crippen LogP contribution in [0.5, 0.6) is 5.75 Å². The van der Waals surface area contributed by atoms with Crippen molar-refractivity contribution in [3.8, 4) is 16.9 Å². The van der Waals surface area contributed by atoms with Gasteiger partial charge in [0.2, 0.25) is 0 Å². The highest BCUT2D eigenvalue weighted by Gasteiger charge is 2.13. The van der Waals surface area contributed by atoms with Gasteiger partial charge >= 0.3 is 0 Å². The Labute approximate surface area is 162 Å². The Morgan fingerprint density at radius 3 is 2.46 bits per heavy atom. The maximum Gasteiger partial charge on any atom is 0.272 e. The third kappa shape index (κ3) is 4.54. The molecule has 0 aliphatic carbocycles. The number of rotatable bonds is 7. The van der Waals surface area contributed by atoms with Crippen molar-refractivity contribution in [2.45, 2.75) is 6.92 Å². The molecule has 1 N–H and O–H groups in total. The van der Waals surface area contributed by atoms with Gasteiger partial charge in [0.05, 0.1) is 11.5 Å². The van der Waals surface area contributed by atoms with Gasteiger partial charge in [-0.25, -0.2) is 0 Å². The Morgan fingerprint density at radius 2 is 1.75 bits per heavy atom. The summed E-state index contributed by atoms with van der Waals surface area (Å²) in [6.07, 6.45) is 0. The molecule has 3 aromatic carbocycles. The van der Waals surface area contributed by atoms with Crippen molar-refractivity contribution in [3.63, 3.8) is 0 Å². The predicted octanol–water partition coefficient (Wildman–Crippen LogP) is 4.38. The zero-order chi connectivity index (χ0) is 19.9. The van der Waals surface area contributed by atoms with Crippen LogP contribution in [-0.2, 0) is 0 Å². The molecule has 0 unspecified atom stereocenters. The molecule has 0 atom stereocenters. The van der Waals surface area contributed by atoms with E-state index in [2.05, 4.69) is 5.32 Å². The number of carbonyl (C=O) groups excluding carboxylic acids is 1. The van der Waals surface area contributed by atoms with Gasteiger partial charge in [0.1, 0.15) is 12.4 Å². The van der Waals surface area contributed by atoms with Crippen molar-refractivity contribution in [1.82, 2.24) is 5.32 Å². The molecule has 0 aromatic heterocycles. The van der Waals surface area contributed by atoms with Gasteiger partial charge in [-0.2, -0.15) is 0 Å². The lowest BCUT2D eigenvalue weighted by atomic mass is 10.1. The topological polar surface area (TPSA) is 81.5 Å². The minimum atomic E-state index is -0.463. The number of ether oxygens (including phenoxy) is 1. The van der Waals surface area contributed by atoms with Crippen LogP contribution in [0, 0.1) is 17.0 Å². The van der Waals surface area contributed by atoms with Crippen LogP contribution in [0.3, 0.4) is 0 Å². The molecule has 1 amide bonds. The summed E-state index contributed by atoms with van der Waals surface area (Å²) >= 11 is 0. The average Bonchev–Trinajstić information content (AvgIpc) is 2.71. The highest BCUT2D eigenvalue weighted by atomic mass is 16.6. The predicted molar refractivity (Wildman–Crippen MR) is 108 cm³/mol. The fraction of sp³-hybridized carbons (Fsp3) is 0.136. The Bertz CT molecular complexity index is 987. The van der Waals surface area contributed by atoms with Crippen LogP contribution in [0.25, 0.3) is 11.1 Å². The SMILES string of the molecule is Cc1cc(C(=O)NCCOc2ccccc2-c2ccccc2)ccc1[N+](=O)[O-]. The summed E-state index contributed by atoms with van der Waals surface area (Å²) in [4.78, 5) is 22.6. The number of para-hydroxylation sites is 1. The number of aryl methyl sites for hydroxylation is 1. The first kappa shape index (κ1) is 19.1. The molecule has 0 heterocycles. The van der Waals surface area contributed by atoms with E-state index in [1.54, 1.807) is 6.92 Å². The summed E-state index contributed by atoms with van der Waals surface area (Å²) < 4.78 is 5.85. The minimum absolute atomic E-state index is 0.00241. The number of amides is 1. The molecule has 0 spiro atoms. The van der Waals surface area contributed by atoms with Crippen LogP contribution in [0.15, 0.2) is 72.8 Å². The number of hydrogen-bond acceptors (Lipinski definition) is 4. The molecule has 0 fully saturated rings. The summed E-state index contributed by atoms with van der Waals surface area (Å²) in [7, 11) is 0. The standard InChI is InChI=1S/C22H20N2O4/c1-16-15-18(11-12-20(16)24(26)27)22(25)23-13-14-28-21-10-6-5-9-19(21)17-7-3-2-4-8-17/h2-12,15H,13-14H2,1H3,(H,23,25). The van der Waals surface area contributed by atoms with E-state index < -0.39 is 4.92 Å². The maximum atomic E-state index is 12.2. The van der Waals surface area contributed by atoms with Gasteiger partial charge in [0, 0.05) is 22.8 Å². The normalized spacial score (nSPS) is 10.3. The van der Waals surface area contributed by atoms with Crippen LogP contribution in [0.1, 0.15) is 15.9 Å². The van der Waals surface area contributed by atoms with Gasteiger partial charge < -0.3 is 10.1 Å². The largest absolute Gasteiger partial charge is 0.491 e. The van der Waals surface area contributed by atoms with E-state index in [-0.39, 0.29) is 11.6 Å². The van der Waals surface area contributed by atoms with Gasteiger partial charge in [-0.3, -0.25) is 14.9 Å². The average molecular weight is 376 g/mol. The van der Waals surface area contributed by atoms with E-state index in [0.717, 1.165) is 16.9 Å². The number of nitro benzene ring substituents is 1. The molecular formula is C22H20N2O4. The van der Waals surface area contributed by atoms with Crippen molar-refractivity contribution in [1.29, 1.82) is 0 Å². The number of nitrogens with zero attached hydrogens (tertiary/aromatic N) is 1. The molecule has 6 heteroatoms. The molecule has 0 saturated heterocycles. The summed E-state index contributed by atoms with van der Waals surface area (Å²) in [6.45, 7) is 2.23. The molecule has 6 nitrogen and oxygen atoms in total. The second-order valence-corrected chi connectivity index (χ2v) is 6.22. The zero-order valence-electron chi connectivity index (χ0n) is 15.4. The van der Waals surface area contributed by atoms with E-state index >= 15 is 0 Å². The van der Waals surface area contributed by atoms with Crippen LogP contribution in [-0.4, -0.2) is 24.0 Å². The van der Waals surface area contributed by atoms with Gasteiger partial charge in [-0.05, 0) is 30.7 Å². The Kier molecular flexibility index (Phi) is 6.01. The number of carbonyl (C=O) groups is 1. The highest BCUT2D eigenvalue weighted by molar-refractivity contribution is 5.94. The minimum Gasteiger partial charge on any atom is -0.491 e. The Balaban J connectivity index is 1.58. The van der Waals surface area contributed by atoms with Crippen LogP contribution >= 0.6 is 0 Å². The smallest absolute Gasteiger partial charge is 0.272 e. The Hall–Kier alpha value is -3.67. The molecule has 0 aliphatic rings. The van der Waals surface area contributed by atoms with Crippen LogP contribution in [0.4, 0.5) is 5.69 Å². The van der Waals surface area contributed by atoms with Crippen molar-refractivity contribution < 1.29 is 14.5 Å². The van der Waals surface area contributed by atoms with Crippen molar-refractivity contribution >= 4 is 11.6 Å².